The highest BCUT2D eigenvalue weighted by molar-refractivity contribution is 5.95. The Hall–Kier alpha value is -2.64. The second-order valence-corrected chi connectivity index (χ2v) is 5.72. The first-order valence-electron chi connectivity index (χ1n) is 7.51. The lowest BCUT2D eigenvalue weighted by Gasteiger charge is -2.25. The summed E-state index contributed by atoms with van der Waals surface area (Å²) in [6, 6.07) is 4.87. The van der Waals surface area contributed by atoms with Crippen molar-refractivity contribution in [3.63, 3.8) is 0 Å². The second kappa shape index (κ2) is 7.08. The van der Waals surface area contributed by atoms with Crippen molar-refractivity contribution < 1.29 is 14.5 Å². The van der Waals surface area contributed by atoms with Crippen molar-refractivity contribution in [2.24, 2.45) is 0 Å². The minimum Gasteiger partial charge on any atom is -0.352 e. The van der Waals surface area contributed by atoms with Crippen LogP contribution >= 0.6 is 0 Å². The standard InChI is InChI=1S/C15H20N4O4/c1-10(2)16-14(20)13-8-5-9-18(13)15(21)17-11-6-3-4-7-12(11)19(22)23/h3-4,6-7,10,13H,5,8-9H2,1-2H3,(H,16,20)(H,17,21). The molecule has 1 heterocycles. The zero-order valence-corrected chi connectivity index (χ0v) is 13.1. The van der Waals surface area contributed by atoms with E-state index in [9.17, 15) is 19.7 Å². The number of carbonyl (C=O) groups is 2. The van der Waals surface area contributed by atoms with E-state index in [-0.39, 0.29) is 23.3 Å². The van der Waals surface area contributed by atoms with Gasteiger partial charge in [-0.25, -0.2) is 4.79 Å². The third-order valence-corrected chi connectivity index (χ3v) is 3.59. The van der Waals surface area contributed by atoms with Crippen LogP contribution in [0.1, 0.15) is 26.7 Å². The van der Waals surface area contributed by atoms with Crippen LogP contribution in [0.2, 0.25) is 0 Å². The smallest absolute Gasteiger partial charge is 0.322 e. The highest BCUT2D eigenvalue weighted by Crippen LogP contribution is 2.25. The van der Waals surface area contributed by atoms with Crippen molar-refractivity contribution in [3.05, 3.63) is 34.4 Å². The lowest BCUT2D eigenvalue weighted by atomic mass is 10.2. The third-order valence-electron chi connectivity index (χ3n) is 3.59. The summed E-state index contributed by atoms with van der Waals surface area (Å²) in [6.07, 6.45) is 1.31. The van der Waals surface area contributed by atoms with Gasteiger partial charge in [-0.05, 0) is 32.8 Å². The molecule has 0 radical (unpaired) electrons. The average Bonchev–Trinajstić information content (AvgIpc) is 2.96. The zero-order chi connectivity index (χ0) is 17.0. The highest BCUT2D eigenvalue weighted by atomic mass is 16.6. The quantitative estimate of drug-likeness (QED) is 0.655. The number of nitrogens with one attached hydrogen (secondary N) is 2. The molecule has 124 valence electrons. The normalized spacial score (nSPS) is 17.2. The van der Waals surface area contributed by atoms with E-state index in [0.717, 1.165) is 6.42 Å². The topological polar surface area (TPSA) is 105 Å². The molecular weight excluding hydrogens is 300 g/mol. The van der Waals surface area contributed by atoms with E-state index in [1.54, 1.807) is 6.07 Å². The van der Waals surface area contributed by atoms with E-state index in [1.165, 1.54) is 23.1 Å². The fourth-order valence-corrected chi connectivity index (χ4v) is 2.59. The largest absolute Gasteiger partial charge is 0.352 e. The Bertz CT molecular complexity index is 617. The van der Waals surface area contributed by atoms with Gasteiger partial charge in [-0.1, -0.05) is 12.1 Å². The molecule has 0 spiro atoms. The molecule has 8 heteroatoms. The molecule has 1 unspecified atom stereocenters. The van der Waals surface area contributed by atoms with Crippen LogP contribution in [0.5, 0.6) is 0 Å². The Morgan fingerprint density at radius 2 is 2.04 bits per heavy atom. The Labute approximate surface area is 134 Å². The molecule has 0 aromatic heterocycles. The zero-order valence-electron chi connectivity index (χ0n) is 13.1. The Balaban J connectivity index is 2.11. The van der Waals surface area contributed by atoms with Gasteiger partial charge in [0, 0.05) is 18.7 Å². The minimum atomic E-state index is -0.553. The van der Waals surface area contributed by atoms with Gasteiger partial charge in [-0.15, -0.1) is 0 Å². The van der Waals surface area contributed by atoms with Crippen LogP contribution < -0.4 is 10.6 Å². The number of nitro groups is 1. The molecule has 0 aliphatic carbocycles. The van der Waals surface area contributed by atoms with E-state index in [1.807, 2.05) is 13.8 Å². The first-order chi connectivity index (χ1) is 10.9. The molecule has 8 nitrogen and oxygen atoms in total. The number of carbonyl (C=O) groups excluding carboxylic acids is 2. The fourth-order valence-electron chi connectivity index (χ4n) is 2.59. The monoisotopic (exact) mass is 320 g/mol. The van der Waals surface area contributed by atoms with Crippen molar-refractivity contribution in [2.75, 3.05) is 11.9 Å². The number of nitro benzene ring substituents is 1. The predicted octanol–water partition coefficient (Wildman–Crippen LogP) is 2.12. The van der Waals surface area contributed by atoms with Gasteiger partial charge in [0.25, 0.3) is 5.69 Å². The van der Waals surface area contributed by atoms with E-state index in [0.29, 0.717) is 13.0 Å². The maximum Gasteiger partial charge on any atom is 0.322 e. The van der Waals surface area contributed by atoms with Gasteiger partial charge in [-0.2, -0.15) is 0 Å². The number of nitrogens with zero attached hydrogens (tertiary/aromatic N) is 2. The maximum absolute atomic E-state index is 12.4. The van der Waals surface area contributed by atoms with E-state index >= 15 is 0 Å². The first kappa shape index (κ1) is 16.7. The summed E-state index contributed by atoms with van der Waals surface area (Å²) in [5.41, 5.74) is -0.0550. The Morgan fingerprint density at radius 3 is 2.70 bits per heavy atom. The summed E-state index contributed by atoms with van der Waals surface area (Å²) in [4.78, 5) is 36.4. The summed E-state index contributed by atoms with van der Waals surface area (Å²) < 4.78 is 0. The lowest BCUT2D eigenvalue weighted by molar-refractivity contribution is -0.383. The molecule has 2 rings (SSSR count). The SMILES string of the molecule is CC(C)NC(=O)C1CCCN1C(=O)Nc1ccccc1[N+](=O)[O-]. The summed E-state index contributed by atoms with van der Waals surface area (Å²) in [5.74, 6) is -0.199. The highest BCUT2D eigenvalue weighted by Gasteiger charge is 2.34. The van der Waals surface area contributed by atoms with Gasteiger partial charge in [0.2, 0.25) is 5.91 Å². The number of rotatable bonds is 4. The summed E-state index contributed by atoms with van der Waals surface area (Å²) >= 11 is 0. The number of para-hydroxylation sites is 2. The maximum atomic E-state index is 12.4. The van der Waals surface area contributed by atoms with Gasteiger partial charge in [0.1, 0.15) is 11.7 Å². The van der Waals surface area contributed by atoms with Gasteiger partial charge < -0.3 is 15.5 Å². The molecular formula is C15H20N4O4. The number of benzene rings is 1. The Kier molecular flexibility index (Phi) is 5.15. The van der Waals surface area contributed by atoms with Crippen molar-refractivity contribution in [3.8, 4) is 0 Å². The van der Waals surface area contributed by atoms with Crippen LogP contribution in [0.25, 0.3) is 0 Å². The molecule has 23 heavy (non-hydrogen) atoms. The van der Waals surface area contributed by atoms with Crippen LogP contribution in [-0.2, 0) is 4.79 Å². The van der Waals surface area contributed by atoms with Crippen LogP contribution in [0.3, 0.4) is 0 Å². The summed E-state index contributed by atoms with van der Waals surface area (Å²) in [5, 5.41) is 16.3. The molecule has 1 aliphatic rings. The third kappa shape index (κ3) is 3.97. The van der Waals surface area contributed by atoms with E-state index in [4.69, 9.17) is 0 Å². The van der Waals surface area contributed by atoms with Crippen LogP contribution in [0.4, 0.5) is 16.2 Å². The van der Waals surface area contributed by atoms with Gasteiger partial charge in [0.15, 0.2) is 0 Å². The molecule has 0 saturated carbocycles. The van der Waals surface area contributed by atoms with Gasteiger partial charge >= 0.3 is 6.03 Å². The van der Waals surface area contributed by atoms with Crippen LogP contribution in [0, 0.1) is 10.1 Å². The molecule has 1 atom stereocenters. The summed E-state index contributed by atoms with van der Waals surface area (Å²) in [7, 11) is 0. The number of anilines is 1. The van der Waals surface area contributed by atoms with Crippen molar-refractivity contribution in [2.45, 2.75) is 38.8 Å². The van der Waals surface area contributed by atoms with Crippen molar-refractivity contribution in [1.82, 2.24) is 10.2 Å². The number of hydrogen-bond acceptors (Lipinski definition) is 4. The molecule has 0 bridgehead atoms. The van der Waals surface area contributed by atoms with Crippen molar-refractivity contribution >= 4 is 23.3 Å². The molecule has 3 amide bonds. The van der Waals surface area contributed by atoms with Gasteiger partial charge in [-0.3, -0.25) is 14.9 Å². The summed E-state index contributed by atoms with van der Waals surface area (Å²) in [6.45, 7) is 4.15. The van der Waals surface area contributed by atoms with E-state index < -0.39 is 17.0 Å². The number of urea groups is 1. The van der Waals surface area contributed by atoms with Crippen molar-refractivity contribution in [1.29, 1.82) is 0 Å². The predicted molar refractivity (Wildman–Crippen MR) is 85.1 cm³/mol. The first-order valence-corrected chi connectivity index (χ1v) is 7.51. The molecule has 2 N–H and O–H groups in total. The van der Waals surface area contributed by atoms with Crippen LogP contribution in [0.15, 0.2) is 24.3 Å². The number of amides is 3. The average molecular weight is 320 g/mol. The fraction of sp³-hybridized carbons (Fsp3) is 0.467. The minimum absolute atomic E-state index is 0.0109. The van der Waals surface area contributed by atoms with E-state index in [2.05, 4.69) is 10.6 Å². The second-order valence-electron chi connectivity index (χ2n) is 5.72. The van der Waals surface area contributed by atoms with Gasteiger partial charge in [0.05, 0.1) is 4.92 Å². The Morgan fingerprint density at radius 1 is 1.35 bits per heavy atom. The number of hydrogen-bond donors (Lipinski definition) is 2. The lowest BCUT2D eigenvalue weighted by Crippen LogP contribution is -2.49. The molecule has 1 aromatic carbocycles. The van der Waals surface area contributed by atoms with Crippen LogP contribution in [-0.4, -0.2) is 40.4 Å². The molecule has 1 fully saturated rings. The molecule has 1 saturated heterocycles. The molecule has 1 aliphatic heterocycles. The molecule has 1 aromatic rings. The number of likely N-dealkylation sites (tertiary alicyclic amines) is 1.